The Balaban J connectivity index is 1.78. The van der Waals surface area contributed by atoms with Crippen molar-refractivity contribution >= 4 is 11.9 Å². The highest BCUT2D eigenvalue weighted by atomic mass is 16.2. The second-order valence-electron chi connectivity index (χ2n) is 6.11. The van der Waals surface area contributed by atoms with Gasteiger partial charge in [-0.25, -0.2) is 9.97 Å². The lowest BCUT2D eigenvalue weighted by atomic mass is 10.2. The summed E-state index contributed by atoms with van der Waals surface area (Å²) in [6, 6.07) is 0.390. The van der Waals surface area contributed by atoms with Crippen molar-refractivity contribution < 1.29 is 4.79 Å². The highest BCUT2D eigenvalue weighted by molar-refractivity contribution is 5.81. The number of carbonyl (C=O) groups is 1. The van der Waals surface area contributed by atoms with Gasteiger partial charge in [-0.3, -0.25) is 4.79 Å². The normalized spacial score (nSPS) is 14.3. The summed E-state index contributed by atoms with van der Waals surface area (Å²) in [5.74, 6) is 1.24. The van der Waals surface area contributed by atoms with E-state index in [4.69, 9.17) is 0 Å². The van der Waals surface area contributed by atoms with Gasteiger partial charge in [-0.15, -0.1) is 0 Å². The number of hydrogen-bond acceptors (Lipinski definition) is 5. The van der Waals surface area contributed by atoms with Gasteiger partial charge in [0.05, 0.1) is 6.54 Å². The standard InChI is InChI=1S/C15H25N5O/c1-11(2)6-16-7-12-8-17-15(18-9-12)20(3)10-14(21)19-13-4-5-13/h8-9,11,13,16H,4-7,10H2,1-3H3,(H,19,21). The van der Waals surface area contributed by atoms with Gasteiger partial charge in [-0.2, -0.15) is 0 Å². The third kappa shape index (κ3) is 5.67. The molecule has 116 valence electrons. The molecule has 21 heavy (non-hydrogen) atoms. The molecule has 1 heterocycles. The van der Waals surface area contributed by atoms with E-state index in [0.717, 1.165) is 31.5 Å². The highest BCUT2D eigenvalue weighted by Gasteiger charge is 2.23. The fourth-order valence-corrected chi connectivity index (χ4v) is 1.93. The molecule has 0 spiro atoms. The zero-order chi connectivity index (χ0) is 15.2. The number of anilines is 1. The number of carbonyl (C=O) groups excluding carboxylic acids is 1. The summed E-state index contributed by atoms with van der Waals surface area (Å²) >= 11 is 0. The molecule has 2 rings (SSSR count). The smallest absolute Gasteiger partial charge is 0.239 e. The SMILES string of the molecule is CC(C)CNCc1cnc(N(C)CC(=O)NC2CC2)nc1. The van der Waals surface area contributed by atoms with Crippen LogP contribution in [0.15, 0.2) is 12.4 Å². The van der Waals surface area contributed by atoms with Crippen LogP contribution in [0, 0.1) is 5.92 Å². The van der Waals surface area contributed by atoms with Crippen molar-refractivity contribution in [3.8, 4) is 0 Å². The molecule has 1 fully saturated rings. The Bertz CT molecular complexity index is 456. The van der Waals surface area contributed by atoms with Gasteiger partial charge in [0.25, 0.3) is 0 Å². The number of amides is 1. The van der Waals surface area contributed by atoms with E-state index in [1.165, 1.54) is 0 Å². The monoisotopic (exact) mass is 291 g/mol. The summed E-state index contributed by atoms with van der Waals surface area (Å²) in [5.41, 5.74) is 1.05. The van der Waals surface area contributed by atoms with Crippen molar-refractivity contribution in [2.24, 2.45) is 5.92 Å². The number of nitrogens with one attached hydrogen (secondary N) is 2. The summed E-state index contributed by atoms with van der Waals surface area (Å²) < 4.78 is 0. The molecular weight excluding hydrogens is 266 g/mol. The third-order valence-corrected chi connectivity index (χ3v) is 3.24. The molecule has 2 N–H and O–H groups in total. The zero-order valence-electron chi connectivity index (χ0n) is 13.1. The third-order valence-electron chi connectivity index (χ3n) is 3.24. The van der Waals surface area contributed by atoms with E-state index in [9.17, 15) is 4.79 Å². The molecule has 0 aliphatic heterocycles. The van der Waals surface area contributed by atoms with Crippen LogP contribution in [0.5, 0.6) is 0 Å². The minimum absolute atomic E-state index is 0.0336. The van der Waals surface area contributed by atoms with E-state index in [-0.39, 0.29) is 5.91 Å². The lowest BCUT2D eigenvalue weighted by molar-refractivity contribution is -0.119. The van der Waals surface area contributed by atoms with Crippen molar-refractivity contribution in [1.82, 2.24) is 20.6 Å². The van der Waals surface area contributed by atoms with Crippen LogP contribution < -0.4 is 15.5 Å². The first-order chi connectivity index (χ1) is 10.0. The molecule has 0 saturated heterocycles. The van der Waals surface area contributed by atoms with Gasteiger partial charge in [0.15, 0.2) is 0 Å². The molecule has 0 unspecified atom stereocenters. The Labute approximate surface area is 126 Å². The minimum Gasteiger partial charge on any atom is -0.352 e. The molecule has 1 amide bonds. The van der Waals surface area contributed by atoms with Crippen molar-refractivity contribution in [3.63, 3.8) is 0 Å². The molecule has 1 aliphatic carbocycles. The second-order valence-corrected chi connectivity index (χ2v) is 6.11. The minimum atomic E-state index is 0.0336. The Morgan fingerprint density at radius 3 is 2.62 bits per heavy atom. The molecule has 1 aromatic rings. The van der Waals surface area contributed by atoms with E-state index < -0.39 is 0 Å². The van der Waals surface area contributed by atoms with E-state index in [0.29, 0.717) is 24.5 Å². The number of nitrogens with zero attached hydrogens (tertiary/aromatic N) is 3. The number of likely N-dealkylation sites (N-methyl/N-ethyl adjacent to an activating group) is 1. The highest BCUT2D eigenvalue weighted by Crippen LogP contribution is 2.18. The summed E-state index contributed by atoms with van der Waals surface area (Å²) in [5, 5.41) is 6.31. The van der Waals surface area contributed by atoms with E-state index >= 15 is 0 Å². The maximum absolute atomic E-state index is 11.7. The van der Waals surface area contributed by atoms with Crippen molar-refractivity contribution in [3.05, 3.63) is 18.0 Å². The van der Waals surface area contributed by atoms with Crippen molar-refractivity contribution in [2.45, 2.75) is 39.3 Å². The predicted octanol–water partition coefficient (Wildman–Crippen LogP) is 0.937. The largest absolute Gasteiger partial charge is 0.352 e. The quantitative estimate of drug-likeness (QED) is 0.746. The second kappa shape index (κ2) is 7.36. The van der Waals surface area contributed by atoms with E-state index in [1.807, 2.05) is 19.4 Å². The molecule has 1 saturated carbocycles. The van der Waals surface area contributed by atoms with Crippen LogP contribution in [0.2, 0.25) is 0 Å². The lowest BCUT2D eigenvalue weighted by Crippen LogP contribution is -2.36. The topological polar surface area (TPSA) is 70.2 Å². The average molecular weight is 291 g/mol. The lowest BCUT2D eigenvalue weighted by Gasteiger charge is -2.16. The van der Waals surface area contributed by atoms with Crippen molar-refractivity contribution in [2.75, 3.05) is 25.0 Å². The van der Waals surface area contributed by atoms with E-state index in [2.05, 4.69) is 34.4 Å². The molecular formula is C15H25N5O. The Kier molecular flexibility index (Phi) is 5.50. The summed E-state index contributed by atoms with van der Waals surface area (Å²) in [7, 11) is 1.83. The van der Waals surface area contributed by atoms with Crippen LogP contribution in [0.3, 0.4) is 0 Å². The Morgan fingerprint density at radius 1 is 1.38 bits per heavy atom. The van der Waals surface area contributed by atoms with Gasteiger partial charge in [0, 0.05) is 37.6 Å². The van der Waals surface area contributed by atoms with Gasteiger partial charge in [-0.1, -0.05) is 13.8 Å². The van der Waals surface area contributed by atoms with Crippen LogP contribution in [-0.4, -0.2) is 42.1 Å². The molecule has 6 nitrogen and oxygen atoms in total. The predicted molar refractivity (Wildman–Crippen MR) is 83.0 cm³/mol. The summed E-state index contributed by atoms with van der Waals surface area (Å²) in [6.07, 6.45) is 5.82. The molecule has 1 aromatic heterocycles. The molecule has 1 aliphatic rings. The first-order valence-electron chi connectivity index (χ1n) is 7.56. The molecule has 0 aromatic carbocycles. The van der Waals surface area contributed by atoms with Gasteiger partial charge in [0.2, 0.25) is 11.9 Å². The first-order valence-corrected chi connectivity index (χ1v) is 7.56. The molecule has 0 bridgehead atoms. The zero-order valence-corrected chi connectivity index (χ0v) is 13.1. The first kappa shape index (κ1) is 15.7. The van der Waals surface area contributed by atoms with Crippen LogP contribution in [0.25, 0.3) is 0 Å². The van der Waals surface area contributed by atoms with Crippen LogP contribution in [0.1, 0.15) is 32.3 Å². The fourth-order valence-electron chi connectivity index (χ4n) is 1.93. The number of hydrogen-bond donors (Lipinski definition) is 2. The maximum Gasteiger partial charge on any atom is 0.239 e. The van der Waals surface area contributed by atoms with Gasteiger partial charge in [0.1, 0.15) is 0 Å². The molecule has 6 heteroatoms. The molecule has 0 radical (unpaired) electrons. The average Bonchev–Trinajstić information content (AvgIpc) is 3.22. The van der Waals surface area contributed by atoms with Gasteiger partial charge in [-0.05, 0) is 25.3 Å². The van der Waals surface area contributed by atoms with E-state index in [1.54, 1.807) is 4.90 Å². The van der Waals surface area contributed by atoms with Crippen molar-refractivity contribution in [1.29, 1.82) is 0 Å². The Morgan fingerprint density at radius 2 is 2.05 bits per heavy atom. The van der Waals surface area contributed by atoms with Crippen LogP contribution >= 0.6 is 0 Å². The fraction of sp³-hybridized carbons (Fsp3) is 0.667. The van der Waals surface area contributed by atoms with Gasteiger partial charge >= 0.3 is 0 Å². The summed E-state index contributed by atoms with van der Waals surface area (Å²) in [4.78, 5) is 22.1. The summed E-state index contributed by atoms with van der Waals surface area (Å²) in [6.45, 7) is 6.39. The maximum atomic E-state index is 11.7. The van der Waals surface area contributed by atoms with Gasteiger partial charge < -0.3 is 15.5 Å². The van der Waals surface area contributed by atoms with Crippen LogP contribution in [0.4, 0.5) is 5.95 Å². The Hall–Kier alpha value is -1.69. The molecule has 0 atom stereocenters. The van der Waals surface area contributed by atoms with Crippen LogP contribution in [-0.2, 0) is 11.3 Å². The number of rotatable bonds is 8. The number of aromatic nitrogens is 2.